The van der Waals surface area contributed by atoms with Crippen molar-refractivity contribution < 1.29 is 13.2 Å². The van der Waals surface area contributed by atoms with E-state index in [-0.39, 0.29) is 12.3 Å². The van der Waals surface area contributed by atoms with Gasteiger partial charge in [-0.1, -0.05) is 26.2 Å². The normalized spacial score (nSPS) is 22.2. The first-order chi connectivity index (χ1) is 6.89. The van der Waals surface area contributed by atoms with E-state index < -0.39 is 11.7 Å². The van der Waals surface area contributed by atoms with Gasteiger partial charge in [-0.15, -0.1) is 0 Å². The van der Waals surface area contributed by atoms with Crippen LogP contribution in [0.25, 0.3) is 0 Å². The fourth-order valence-corrected chi connectivity index (χ4v) is 1.96. The number of nitrogens with one attached hydrogen (secondary N) is 1. The molecule has 1 rings (SSSR count). The Bertz CT molecular complexity index is 198. The van der Waals surface area contributed by atoms with Crippen molar-refractivity contribution in [2.45, 2.75) is 57.7 Å². The molecule has 1 unspecified atom stereocenters. The largest absolute Gasteiger partial charge is 0.406 e. The molecule has 1 nitrogen and oxygen atoms in total. The molecular weight excluding hydrogens is 203 g/mol. The van der Waals surface area contributed by atoms with Crippen LogP contribution in [-0.4, -0.2) is 18.3 Å². The zero-order chi connectivity index (χ0) is 11.5. The predicted molar refractivity (Wildman–Crippen MR) is 54.7 cm³/mol. The second-order valence-electron chi connectivity index (χ2n) is 4.76. The average Bonchev–Trinajstić information content (AvgIpc) is 2.06. The molecule has 0 heterocycles. The van der Waals surface area contributed by atoms with Gasteiger partial charge in [0, 0.05) is 0 Å². The van der Waals surface area contributed by atoms with E-state index in [4.69, 9.17) is 0 Å². The maximum Gasteiger partial charge on any atom is 0.406 e. The fourth-order valence-electron chi connectivity index (χ4n) is 1.96. The Labute approximate surface area is 89.4 Å². The average molecular weight is 223 g/mol. The van der Waals surface area contributed by atoms with Gasteiger partial charge < -0.3 is 5.32 Å². The number of alkyl halides is 3. The highest BCUT2D eigenvalue weighted by molar-refractivity contribution is 4.94. The Morgan fingerprint density at radius 1 is 1.27 bits per heavy atom. The monoisotopic (exact) mass is 223 g/mol. The van der Waals surface area contributed by atoms with E-state index in [0.717, 1.165) is 25.7 Å². The first-order valence-electron chi connectivity index (χ1n) is 5.71. The highest BCUT2D eigenvalue weighted by Crippen LogP contribution is 2.40. The van der Waals surface area contributed by atoms with Crippen LogP contribution in [0.3, 0.4) is 0 Å². The van der Waals surface area contributed by atoms with Crippen LogP contribution in [0.2, 0.25) is 0 Å². The molecule has 0 aliphatic heterocycles. The molecule has 0 saturated heterocycles. The molecule has 0 bridgehead atoms. The number of rotatable bonds is 5. The molecule has 0 radical (unpaired) electrons. The summed E-state index contributed by atoms with van der Waals surface area (Å²) in [5.74, 6) is 0.265. The van der Waals surface area contributed by atoms with Gasteiger partial charge in [-0.25, -0.2) is 0 Å². The summed E-state index contributed by atoms with van der Waals surface area (Å²) in [4.78, 5) is 0. The van der Waals surface area contributed by atoms with Gasteiger partial charge in [0.1, 0.15) is 5.54 Å². The lowest BCUT2D eigenvalue weighted by Crippen LogP contribution is -2.56. The van der Waals surface area contributed by atoms with Gasteiger partial charge in [0.2, 0.25) is 0 Å². The first kappa shape index (κ1) is 12.8. The summed E-state index contributed by atoms with van der Waals surface area (Å²) in [7, 11) is 0. The van der Waals surface area contributed by atoms with Crippen molar-refractivity contribution in [3.8, 4) is 0 Å². The van der Waals surface area contributed by atoms with Gasteiger partial charge in [0.05, 0.1) is 0 Å². The molecule has 0 aromatic rings. The van der Waals surface area contributed by atoms with Gasteiger partial charge in [0.15, 0.2) is 0 Å². The van der Waals surface area contributed by atoms with E-state index in [0.29, 0.717) is 6.54 Å². The summed E-state index contributed by atoms with van der Waals surface area (Å²) in [5, 5.41) is 2.66. The third-order valence-corrected chi connectivity index (χ3v) is 3.31. The molecule has 1 N–H and O–H groups in total. The summed E-state index contributed by atoms with van der Waals surface area (Å²) in [5.41, 5.74) is -1.69. The highest BCUT2D eigenvalue weighted by atomic mass is 19.4. The smallest absolute Gasteiger partial charge is 0.304 e. The molecule has 0 spiro atoms. The van der Waals surface area contributed by atoms with Crippen molar-refractivity contribution in [3.05, 3.63) is 0 Å². The molecule has 1 aliphatic rings. The van der Waals surface area contributed by atoms with Crippen molar-refractivity contribution in [2.75, 3.05) is 6.54 Å². The topological polar surface area (TPSA) is 12.0 Å². The third kappa shape index (κ3) is 3.10. The Morgan fingerprint density at radius 3 is 2.20 bits per heavy atom. The molecule has 1 aliphatic carbocycles. The van der Waals surface area contributed by atoms with Crippen LogP contribution in [0, 0.1) is 5.92 Å². The minimum absolute atomic E-state index is 0.233. The number of halogens is 3. The Hall–Kier alpha value is -0.250. The molecule has 90 valence electrons. The van der Waals surface area contributed by atoms with E-state index in [9.17, 15) is 13.2 Å². The lowest BCUT2D eigenvalue weighted by Gasteiger charge is -2.39. The van der Waals surface area contributed by atoms with E-state index in [1.165, 1.54) is 6.92 Å². The predicted octanol–water partition coefficient (Wildman–Crippen LogP) is 3.50. The second-order valence-corrected chi connectivity index (χ2v) is 4.76. The van der Waals surface area contributed by atoms with Crippen molar-refractivity contribution in [1.82, 2.24) is 5.32 Å². The van der Waals surface area contributed by atoms with Crippen LogP contribution >= 0.6 is 0 Å². The van der Waals surface area contributed by atoms with Crippen molar-refractivity contribution in [2.24, 2.45) is 5.92 Å². The zero-order valence-corrected chi connectivity index (χ0v) is 9.45. The minimum Gasteiger partial charge on any atom is -0.304 e. The van der Waals surface area contributed by atoms with Crippen LogP contribution in [0.1, 0.15) is 46.0 Å². The number of hydrogen-bond acceptors (Lipinski definition) is 1. The van der Waals surface area contributed by atoms with Crippen LogP contribution in [0.4, 0.5) is 13.2 Å². The lowest BCUT2D eigenvalue weighted by molar-refractivity contribution is -0.198. The van der Waals surface area contributed by atoms with E-state index in [1.54, 1.807) is 0 Å². The lowest BCUT2D eigenvalue weighted by atomic mass is 9.76. The molecule has 1 saturated carbocycles. The van der Waals surface area contributed by atoms with Gasteiger partial charge in [0.25, 0.3) is 0 Å². The molecule has 4 heteroatoms. The Morgan fingerprint density at radius 2 is 1.87 bits per heavy atom. The number of hydrogen-bond donors (Lipinski definition) is 1. The summed E-state index contributed by atoms with van der Waals surface area (Å²) < 4.78 is 38.7. The van der Waals surface area contributed by atoms with Crippen LogP contribution in [-0.2, 0) is 0 Å². The first-order valence-corrected chi connectivity index (χ1v) is 5.71. The maximum atomic E-state index is 12.9. The molecule has 0 amide bonds. The SMILES string of the molecule is CCCNC(C)(CC1CCC1)C(F)(F)F. The van der Waals surface area contributed by atoms with Crippen molar-refractivity contribution in [1.29, 1.82) is 0 Å². The molecule has 0 aromatic heterocycles. The Kier molecular flexibility index (Phi) is 4.04. The standard InChI is InChI=1S/C11H20F3N/c1-3-7-15-10(2,11(12,13)14)8-9-5-4-6-9/h9,15H,3-8H2,1-2H3. The summed E-state index contributed by atoms with van der Waals surface area (Å²) in [6, 6.07) is 0. The molecular formula is C11H20F3N. The quantitative estimate of drug-likeness (QED) is 0.752. The summed E-state index contributed by atoms with van der Waals surface area (Å²) >= 11 is 0. The van der Waals surface area contributed by atoms with E-state index in [1.807, 2.05) is 6.92 Å². The van der Waals surface area contributed by atoms with Crippen LogP contribution < -0.4 is 5.32 Å². The maximum absolute atomic E-state index is 12.9. The second kappa shape index (κ2) is 4.73. The summed E-state index contributed by atoms with van der Waals surface area (Å²) in [6.07, 6.45) is -0.171. The van der Waals surface area contributed by atoms with Gasteiger partial charge in [-0.2, -0.15) is 13.2 Å². The van der Waals surface area contributed by atoms with Gasteiger partial charge in [-0.3, -0.25) is 0 Å². The third-order valence-electron chi connectivity index (χ3n) is 3.31. The summed E-state index contributed by atoms with van der Waals surface area (Å²) in [6.45, 7) is 3.61. The van der Waals surface area contributed by atoms with E-state index in [2.05, 4.69) is 5.32 Å². The van der Waals surface area contributed by atoms with Gasteiger partial charge >= 0.3 is 6.18 Å². The Balaban J connectivity index is 2.57. The molecule has 1 fully saturated rings. The van der Waals surface area contributed by atoms with Gasteiger partial charge in [-0.05, 0) is 32.2 Å². The van der Waals surface area contributed by atoms with Crippen molar-refractivity contribution >= 4 is 0 Å². The van der Waals surface area contributed by atoms with Crippen LogP contribution in [0.15, 0.2) is 0 Å². The fraction of sp³-hybridized carbons (Fsp3) is 1.00. The minimum atomic E-state index is -4.14. The zero-order valence-electron chi connectivity index (χ0n) is 9.45. The van der Waals surface area contributed by atoms with Crippen LogP contribution in [0.5, 0.6) is 0 Å². The molecule has 1 atom stereocenters. The van der Waals surface area contributed by atoms with Crippen molar-refractivity contribution in [3.63, 3.8) is 0 Å². The highest BCUT2D eigenvalue weighted by Gasteiger charge is 2.51. The molecule has 15 heavy (non-hydrogen) atoms. The molecule has 0 aromatic carbocycles. The van der Waals surface area contributed by atoms with E-state index >= 15 is 0 Å².